The average Bonchev–Trinajstić information content (AvgIpc) is 2.35. The van der Waals surface area contributed by atoms with Crippen LogP contribution in [0.25, 0.3) is 0 Å². The van der Waals surface area contributed by atoms with Gasteiger partial charge in [-0.1, -0.05) is 19.1 Å². The largest absolute Gasteiger partial charge is 0.382 e. The van der Waals surface area contributed by atoms with Crippen molar-refractivity contribution in [2.75, 3.05) is 18.9 Å². The van der Waals surface area contributed by atoms with Crippen molar-refractivity contribution in [3.8, 4) is 0 Å². The molecule has 1 heterocycles. The molecule has 0 saturated heterocycles. The zero-order chi connectivity index (χ0) is 11.4. The fourth-order valence-electron chi connectivity index (χ4n) is 2.37. The Balaban J connectivity index is 2.04. The average molecular weight is 218 g/mol. The predicted octanol–water partition coefficient (Wildman–Crippen LogP) is 2.59. The monoisotopic (exact) mass is 218 g/mol. The molecule has 1 aliphatic heterocycles. The number of rotatable bonds is 4. The molecule has 2 rings (SSSR count). The summed E-state index contributed by atoms with van der Waals surface area (Å²) in [5.74, 6) is 0. The number of fused-ring (bicyclic) bond motifs is 1. The van der Waals surface area contributed by atoms with Gasteiger partial charge in [0.05, 0.1) is 0 Å². The molecule has 0 radical (unpaired) electrons. The first-order chi connectivity index (χ1) is 7.83. The third-order valence-corrected chi connectivity index (χ3v) is 3.44. The fourth-order valence-corrected chi connectivity index (χ4v) is 2.37. The van der Waals surface area contributed by atoms with E-state index in [9.17, 15) is 0 Å². The van der Waals surface area contributed by atoms with Gasteiger partial charge in [-0.3, -0.25) is 0 Å². The van der Waals surface area contributed by atoms with E-state index >= 15 is 0 Å². The second-order valence-electron chi connectivity index (χ2n) is 4.62. The summed E-state index contributed by atoms with van der Waals surface area (Å²) in [5.41, 5.74) is 4.30. The van der Waals surface area contributed by atoms with Crippen molar-refractivity contribution in [2.45, 2.75) is 38.6 Å². The SMILES string of the molecule is CCc1ccc2c(c1)CCC(CCNC)N2. The molecule has 2 N–H and O–H groups in total. The van der Waals surface area contributed by atoms with Gasteiger partial charge in [0, 0.05) is 11.7 Å². The fraction of sp³-hybridized carbons (Fsp3) is 0.571. The molecule has 0 spiro atoms. The molecule has 16 heavy (non-hydrogen) atoms. The van der Waals surface area contributed by atoms with Crippen LogP contribution in [0.15, 0.2) is 18.2 Å². The van der Waals surface area contributed by atoms with E-state index in [0.29, 0.717) is 6.04 Å². The number of nitrogens with one attached hydrogen (secondary N) is 2. The molecular formula is C14H22N2. The second kappa shape index (κ2) is 5.35. The molecule has 1 aromatic carbocycles. The van der Waals surface area contributed by atoms with Crippen LogP contribution in [0.5, 0.6) is 0 Å². The van der Waals surface area contributed by atoms with Crippen LogP contribution >= 0.6 is 0 Å². The first-order valence-electron chi connectivity index (χ1n) is 6.36. The Hall–Kier alpha value is -1.02. The minimum Gasteiger partial charge on any atom is -0.382 e. The lowest BCUT2D eigenvalue weighted by molar-refractivity contribution is 0.567. The molecule has 2 heteroatoms. The first-order valence-corrected chi connectivity index (χ1v) is 6.36. The van der Waals surface area contributed by atoms with Gasteiger partial charge < -0.3 is 10.6 Å². The van der Waals surface area contributed by atoms with E-state index in [1.807, 2.05) is 7.05 Å². The lowest BCUT2D eigenvalue weighted by atomic mass is 9.94. The van der Waals surface area contributed by atoms with Crippen LogP contribution < -0.4 is 10.6 Å². The van der Waals surface area contributed by atoms with Gasteiger partial charge in [-0.2, -0.15) is 0 Å². The van der Waals surface area contributed by atoms with Crippen molar-refractivity contribution < 1.29 is 0 Å². The Labute approximate surface area is 98.4 Å². The highest BCUT2D eigenvalue weighted by molar-refractivity contribution is 5.55. The highest BCUT2D eigenvalue weighted by Crippen LogP contribution is 2.26. The van der Waals surface area contributed by atoms with Crippen molar-refractivity contribution in [1.29, 1.82) is 0 Å². The van der Waals surface area contributed by atoms with E-state index < -0.39 is 0 Å². The van der Waals surface area contributed by atoms with Crippen LogP contribution in [0, 0.1) is 0 Å². The van der Waals surface area contributed by atoms with Gasteiger partial charge in [0.1, 0.15) is 0 Å². The molecule has 0 saturated carbocycles. The van der Waals surface area contributed by atoms with E-state index in [0.717, 1.165) is 13.0 Å². The maximum absolute atomic E-state index is 3.64. The van der Waals surface area contributed by atoms with E-state index in [-0.39, 0.29) is 0 Å². The summed E-state index contributed by atoms with van der Waals surface area (Å²) in [5, 5.41) is 6.86. The maximum atomic E-state index is 3.64. The van der Waals surface area contributed by atoms with E-state index in [4.69, 9.17) is 0 Å². The van der Waals surface area contributed by atoms with Gasteiger partial charge in [-0.25, -0.2) is 0 Å². The molecule has 0 aromatic heterocycles. The molecule has 88 valence electrons. The van der Waals surface area contributed by atoms with Crippen molar-refractivity contribution in [3.63, 3.8) is 0 Å². The van der Waals surface area contributed by atoms with Gasteiger partial charge in [0.2, 0.25) is 0 Å². The van der Waals surface area contributed by atoms with Gasteiger partial charge in [0.15, 0.2) is 0 Å². The summed E-state index contributed by atoms with van der Waals surface area (Å²) in [6.07, 6.45) is 4.84. The normalized spacial score (nSPS) is 19.0. The number of hydrogen-bond acceptors (Lipinski definition) is 2. The molecule has 1 aromatic rings. The van der Waals surface area contributed by atoms with Gasteiger partial charge in [0.25, 0.3) is 0 Å². The first kappa shape index (κ1) is 11.5. The zero-order valence-electron chi connectivity index (χ0n) is 10.3. The lowest BCUT2D eigenvalue weighted by Crippen LogP contribution is -2.28. The molecule has 0 amide bonds. The van der Waals surface area contributed by atoms with Crippen LogP contribution in [-0.2, 0) is 12.8 Å². The maximum Gasteiger partial charge on any atom is 0.0375 e. The summed E-state index contributed by atoms with van der Waals surface area (Å²) in [6, 6.07) is 7.50. The molecule has 1 aliphatic rings. The summed E-state index contributed by atoms with van der Waals surface area (Å²) in [4.78, 5) is 0. The van der Waals surface area contributed by atoms with Crippen LogP contribution in [0.2, 0.25) is 0 Å². The van der Waals surface area contributed by atoms with Crippen LogP contribution in [-0.4, -0.2) is 19.6 Å². The Morgan fingerprint density at radius 1 is 1.44 bits per heavy atom. The molecule has 0 bridgehead atoms. The van der Waals surface area contributed by atoms with Crippen LogP contribution in [0.3, 0.4) is 0 Å². The summed E-state index contributed by atoms with van der Waals surface area (Å²) in [6.45, 7) is 3.31. The molecule has 0 fully saturated rings. The van der Waals surface area contributed by atoms with Gasteiger partial charge >= 0.3 is 0 Å². The summed E-state index contributed by atoms with van der Waals surface area (Å²) < 4.78 is 0. The van der Waals surface area contributed by atoms with Crippen molar-refractivity contribution in [3.05, 3.63) is 29.3 Å². The quantitative estimate of drug-likeness (QED) is 0.811. The Kier molecular flexibility index (Phi) is 3.83. The minimum atomic E-state index is 0.646. The predicted molar refractivity (Wildman–Crippen MR) is 70.1 cm³/mol. The highest BCUT2D eigenvalue weighted by Gasteiger charge is 2.16. The zero-order valence-corrected chi connectivity index (χ0v) is 10.3. The minimum absolute atomic E-state index is 0.646. The van der Waals surface area contributed by atoms with Crippen LogP contribution in [0.4, 0.5) is 5.69 Å². The smallest absolute Gasteiger partial charge is 0.0375 e. The number of aryl methyl sites for hydroxylation is 2. The number of hydrogen-bond donors (Lipinski definition) is 2. The summed E-state index contributed by atoms with van der Waals surface area (Å²) >= 11 is 0. The molecule has 1 atom stereocenters. The molecule has 2 nitrogen and oxygen atoms in total. The topological polar surface area (TPSA) is 24.1 Å². The Morgan fingerprint density at radius 3 is 3.06 bits per heavy atom. The standard InChI is InChI=1S/C14H22N2/c1-3-11-4-7-14-12(10-11)5-6-13(16-14)8-9-15-2/h4,7,10,13,15-16H,3,5-6,8-9H2,1-2H3. The third-order valence-electron chi connectivity index (χ3n) is 3.44. The number of benzene rings is 1. The third kappa shape index (κ3) is 2.56. The molecule has 0 aliphatic carbocycles. The second-order valence-corrected chi connectivity index (χ2v) is 4.62. The Morgan fingerprint density at radius 2 is 2.31 bits per heavy atom. The van der Waals surface area contributed by atoms with Crippen molar-refractivity contribution >= 4 is 5.69 Å². The number of anilines is 1. The van der Waals surface area contributed by atoms with Gasteiger partial charge in [-0.05, 0) is 56.5 Å². The Bertz CT molecular complexity index is 347. The molecular weight excluding hydrogens is 196 g/mol. The van der Waals surface area contributed by atoms with Crippen molar-refractivity contribution in [1.82, 2.24) is 5.32 Å². The molecule has 1 unspecified atom stereocenters. The van der Waals surface area contributed by atoms with E-state index in [1.165, 1.54) is 36.1 Å². The highest BCUT2D eigenvalue weighted by atomic mass is 14.9. The van der Waals surface area contributed by atoms with E-state index in [2.05, 4.69) is 35.8 Å². The van der Waals surface area contributed by atoms with Crippen molar-refractivity contribution in [2.24, 2.45) is 0 Å². The van der Waals surface area contributed by atoms with Crippen LogP contribution in [0.1, 0.15) is 30.9 Å². The van der Waals surface area contributed by atoms with Gasteiger partial charge in [-0.15, -0.1) is 0 Å². The van der Waals surface area contributed by atoms with E-state index in [1.54, 1.807) is 0 Å². The lowest BCUT2D eigenvalue weighted by Gasteiger charge is -2.27. The summed E-state index contributed by atoms with van der Waals surface area (Å²) in [7, 11) is 2.02.